The SMILES string of the molecule is CC(C)(C)OC(=O)NCC(N)C(=O)OCC1c2ccccc2-c2ccccc21. The highest BCUT2D eigenvalue weighted by molar-refractivity contribution is 5.80. The van der Waals surface area contributed by atoms with Gasteiger partial charge >= 0.3 is 12.1 Å². The van der Waals surface area contributed by atoms with Gasteiger partial charge in [0.15, 0.2) is 0 Å². The molecule has 28 heavy (non-hydrogen) atoms. The number of alkyl carbamates (subject to hydrolysis) is 1. The predicted octanol–water partition coefficient (Wildman–Crippen LogP) is 3.19. The van der Waals surface area contributed by atoms with E-state index in [-0.39, 0.29) is 19.1 Å². The van der Waals surface area contributed by atoms with Crippen molar-refractivity contribution in [1.82, 2.24) is 5.32 Å². The number of nitrogens with two attached hydrogens (primary N) is 1. The van der Waals surface area contributed by atoms with Crippen molar-refractivity contribution >= 4 is 12.1 Å². The van der Waals surface area contributed by atoms with Gasteiger partial charge in [-0.15, -0.1) is 0 Å². The number of amides is 1. The standard InChI is InChI=1S/C22H26N2O4/c1-22(2,3)28-21(26)24-12-19(23)20(25)27-13-18-16-10-6-4-8-14(16)15-9-5-7-11-17(15)18/h4-11,18-19H,12-13,23H2,1-3H3,(H,24,26). The number of hydrogen-bond acceptors (Lipinski definition) is 5. The Labute approximate surface area is 165 Å². The van der Waals surface area contributed by atoms with E-state index in [4.69, 9.17) is 15.2 Å². The first-order chi connectivity index (χ1) is 13.3. The number of rotatable bonds is 5. The normalized spacial score (nSPS) is 14.0. The fraction of sp³-hybridized carbons (Fsp3) is 0.364. The number of esters is 1. The Kier molecular flexibility index (Phi) is 5.70. The molecule has 148 valence electrons. The van der Waals surface area contributed by atoms with Crippen molar-refractivity contribution in [3.8, 4) is 11.1 Å². The summed E-state index contributed by atoms with van der Waals surface area (Å²) in [7, 11) is 0. The molecule has 3 N–H and O–H groups in total. The molecule has 1 unspecified atom stereocenters. The Morgan fingerprint density at radius 2 is 1.57 bits per heavy atom. The molecule has 1 atom stereocenters. The molecule has 6 heteroatoms. The third kappa shape index (κ3) is 4.51. The summed E-state index contributed by atoms with van der Waals surface area (Å²) in [6, 6.07) is 15.3. The van der Waals surface area contributed by atoms with Crippen LogP contribution in [0.3, 0.4) is 0 Å². The van der Waals surface area contributed by atoms with Crippen molar-refractivity contribution in [3.05, 3.63) is 59.7 Å². The van der Waals surface area contributed by atoms with E-state index in [1.165, 1.54) is 0 Å². The molecule has 0 saturated heterocycles. The van der Waals surface area contributed by atoms with Gasteiger partial charge in [-0.3, -0.25) is 4.79 Å². The van der Waals surface area contributed by atoms with Crippen LogP contribution in [0.15, 0.2) is 48.5 Å². The molecule has 1 aliphatic carbocycles. The molecule has 0 spiro atoms. The van der Waals surface area contributed by atoms with Crippen LogP contribution in [0.2, 0.25) is 0 Å². The minimum atomic E-state index is -0.959. The minimum Gasteiger partial charge on any atom is -0.463 e. The lowest BCUT2D eigenvalue weighted by molar-refractivity contribution is -0.145. The highest BCUT2D eigenvalue weighted by Crippen LogP contribution is 2.44. The number of benzene rings is 2. The lowest BCUT2D eigenvalue weighted by Gasteiger charge is -2.21. The third-order valence-electron chi connectivity index (χ3n) is 4.52. The molecular formula is C22H26N2O4. The van der Waals surface area contributed by atoms with Crippen molar-refractivity contribution < 1.29 is 19.1 Å². The molecule has 2 aromatic carbocycles. The highest BCUT2D eigenvalue weighted by Gasteiger charge is 2.29. The minimum absolute atomic E-state index is 0.0256. The van der Waals surface area contributed by atoms with E-state index in [1.807, 2.05) is 24.3 Å². The maximum atomic E-state index is 12.3. The first-order valence-electron chi connectivity index (χ1n) is 9.33. The van der Waals surface area contributed by atoms with E-state index in [0.717, 1.165) is 22.3 Å². The Balaban J connectivity index is 1.58. The van der Waals surface area contributed by atoms with Crippen LogP contribution in [0.25, 0.3) is 11.1 Å². The van der Waals surface area contributed by atoms with Crippen LogP contribution in [0.4, 0.5) is 4.79 Å². The summed E-state index contributed by atoms with van der Waals surface area (Å²) in [4.78, 5) is 24.0. The predicted molar refractivity (Wildman–Crippen MR) is 107 cm³/mol. The molecular weight excluding hydrogens is 356 g/mol. The number of fused-ring (bicyclic) bond motifs is 3. The van der Waals surface area contributed by atoms with Crippen LogP contribution in [-0.2, 0) is 14.3 Å². The summed E-state index contributed by atoms with van der Waals surface area (Å²) in [6.07, 6.45) is -0.616. The van der Waals surface area contributed by atoms with Crippen LogP contribution in [0.1, 0.15) is 37.8 Å². The van der Waals surface area contributed by atoms with E-state index in [0.29, 0.717) is 0 Å². The zero-order chi connectivity index (χ0) is 20.3. The van der Waals surface area contributed by atoms with Gasteiger partial charge in [-0.25, -0.2) is 4.79 Å². The van der Waals surface area contributed by atoms with Gasteiger partial charge in [0.1, 0.15) is 18.2 Å². The highest BCUT2D eigenvalue weighted by atomic mass is 16.6. The molecule has 3 rings (SSSR count). The Hall–Kier alpha value is -2.86. The Bertz CT molecular complexity index is 827. The third-order valence-corrected chi connectivity index (χ3v) is 4.52. The zero-order valence-electron chi connectivity index (χ0n) is 16.4. The molecule has 0 radical (unpaired) electrons. The first kappa shape index (κ1) is 19.9. The molecule has 0 saturated carbocycles. The van der Waals surface area contributed by atoms with E-state index < -0.39 is 23.7 Å². The van der Waals surface area contributed by atoms with Crippen LogP contribution >= 0.6 is 0 Å². The molecule has 0 bridgehead atoms. The van der Waals surface area contributed by atoms with Crippen molar-refractivity contribution in [1.29, 1.82) is 0 Å². The second kappa shape index (κ2) is 8.02. The fourth-order valence-corrected chi connectivity index (χ4v) is 3.30. The molecule has 0 fully saturated rings. The van der Waals surface area contributed by atoms with Crippen molar-refractivity contribution in [2.75, 3.05) is 13.2 Å². The summed E-state index contributed by atoms with van der Waals surface area (Å²) < 4.78 is 10.6. The van der Waals surface area contributed by atoms with E-state index in [2.05, 4.69) is 29.6 Å². The summed E-state index contributed by atoms with van der Waals surface area (Å²) in [5.41, 5.74) is 9.84. The van der Waals surface area contributed by atoms with Gasteiger partial charge < -0.3 is 20.5 Å². The second-order valence-electron chi connectivity index (χ2n) is 7.85. The first-order valence-corrected chi connectivity index (χ1v) is 9.33. The largest absolute Gasteiger partial charge is 0.463 e. The average molecular weight is 382 g/mol. The Morgan fingerprint density at radius 1 is 1.04 bits per heavy atom. The van der Waals surface area contributed by atoms with Gasteiger partial charge in [-0.2, -0.15) is 0 Å². The van der Waals surface area contributed by atoms with E-state index in [1.54, 1.807) is 20.8 Å². The van der Waals surface area contributed by atoms with Crippen LogP contribution < -0.4 is 11.1 Å². The van der Waals surface area contributed by atoms with Crippen LogP contribution in [0.5, 0.6) is 0 Å². The van der Waals surface area contributed by atoms with Crippen molar-refractivity contribution in [2.45, 2.75) is 38.3 Å². The maximum Gasteiger partial charge on any atom is 0.407 e. The quantitative estimate of drug-likeness (QED) is 0.775. The Morgan fingerprint density at radius 3 is 2.11 bits per heavy atom. The number of carbonyl (C=O) groups excluding carboxylic acids is 2. The monoisotopic (exact) mass is 382 g/mol. The molecule has 0 aromatic heterocycles. The summed E-state index contributed by atoms with van der Waals surface area (Å²) >= 11 is 0. The smallest absolute Gasteiger partial charge is 0.407 e. The summed E-state index contributed by atoms with van der Waals surface area (Å²) in [5.74, 6) is -0.583. The molecule has 1 aliphatic rings. The molecule has 0 heterocycles. The molecule has 0 aliphatic heterocycles. The topological polar surface area (TPSA) is 90.6 Å². The van der Waals surface area contributed by atoms with Gasteiger partial charge in [0.05, 0.1) is 0 Å². The summed E-state index contributed by atoms with van der Waals surface area (Å²) in [6.45, 7) is 5.44. The number of ether oxygens (including phenoxy) is 2. The van der Waals surface area contributed by atoms with E-state index >= 15 is 0 Å². The van der Waals surface area contributed by atoms with Gasteiger partial charge in [0.2, 0.25) is 0 Å². The lowest BCUT2D eigenvalue weighted by Crippen LogP contribution is -2.45. The molecule has 1 amide bonds. The van der Waals surface area contributed by atoms with Gasteiger partial charge in [-0.1, -0.05) is 48.5 Å². The summed E-state index contributed by atoms with van der Waals surface area (Å²) in [5, 5.41) is 2.49. The van der Waals surface area contributed by atoms with Crippen LogP contribution in [-0.4, -0.2) is 36.9 Å². The number of nitrogens with one attached hydrogen (secondary N) is 1. The fourth-order valence-electron chi connectivity index (χ4n) is 3.30. The van der Waals surface area contributed by atoms with Crippen molar-refractivity contribution in [3.63, 3.8) is 0 Å². The van der Waals surface area contributed by atoms with Gasteiger partial charge in [0, 0.05) is 12.5 Å². The number of carbonyl (C=O) groups is 2. The lowest BCUT2D eigenvalue weighted by atomic mass is 9.98. The van der Waals surface area contributed by atoms with Crippen molar-refractivity contribution in [2.24, 2.45) is 5.73 Å². The molecule has 6 nitrogen and oxygen atoms in total. The number of hydrogen-bond donors (Lipinski definition) is 2. The van der Waals surface area contributed by atoms with E-state index in [9.17, 15) is 9.59 Å². The van der Waals surface area contributed by atoms with Gasteiger partial charge in [-0.05, 0) is 43.0 Å². The van der Waals surface area contributed by atoms with Crippen LogP contribution in [0, 0.1) is 0 Å². The zero-order valence-corrected chi connectivity index (χ0v) is 16.4. The maximum absolute atomic E-state index is 12.3. The average Bonchev–Trinajstić information content (AvgIpc) is 2.97. The van der Waals surface area contributed by atoms with Gasteiger partial charge in [0.25, 0.3) is 0 Å². The second-order valence-corrected chi connectivity index (χ2v) is 7.85. The molecule has 2 aromatic rings.